The number of anilines is 2. The molecule has 162 valence electrons. The highest BCUT2D eigenvalue weighted by molar-refractivity contribution is 7.13. The molecule has 31 heavy (non-hydrogen) atoms. The Labute approximate surface area is 195 Å². The Morgan fingerprint density at radius 1 is 1.03 bits per heavy atom. The topological polar surface area (TPSA) is 60.5 Å². The number of thiazole rings is 1. The Bertz CT molecular complexity index is 1020. The first-order valence-corrected chi connectivity index (χ1v) is 11.7. The zero-order valence-electron chi connectivity index (χ0n) is 16.9. The molecule has 0 bridgehead atoms. The van der Waals surface area contributed by atoms with E-state index < -0.39 is 0 Å². The van der Waals surface area contributed by atoms with Gasteiger partial charge in [0, 0.05) is 50.3 Å². The number of halogens is 2. The third-order valence-electron chi connectivity index (χ3n) is 5.09. The Morgan fingerprint density at radius 3 is 2.55 bits per heavy atom. The van der Waals surface area contributed by atoms with Gasteiger partial charge in [0.15, 0.2) is 5.13 Å². The third kappa shape index (κ3) is 6.11. The van der Waals surface area contributed by atoms with Crippen molar-refractivity contribution in [2.24, 2.45) is 0 Å². The average molecular weight is 476 g/mol. The van der Waals surface area contributed by atoms with Crippen molar-refractivity contribution in [3.05, 3.63) is 75.2 Å². The van der Waals surface area contributed by atoms with Gasteiger partial charge in [-0.1, -0.05) is 47.5 Å². The van der Waals surface area contributed by atoms with Crippen molar-refractivity contribution in [1.82, 2.24) is 15.2 Å². The first kappa shape index (κ1) is 21.9. The van der Waals surface area contributed by atoms with Gasteiger partial charge in [-0.25, -0.2) is 9.78 Å². The van der Waals surface area contributed by atoms with Crippen LogP contribution >= 0.6 is 34.5 Å². The van der Waals surface area contributed by atoms with Crippen molar-refractivity contribution in [2.75, 3.05) is 36.4 Å². The van der Waals surface area contributed by atoms with Crippen LogP contribution in [0.1, 0.15) is 11.3 Å². The van der Waals surface area contributed by atoms with Crippen LogP contribution in [0.15, 0.2) is 53.9 Å². The lowest BCUT2D eigenvalue weighted by molar-refractivity contribution is 0.247. The SMILES string of the molecule is O=C(NCc1ccc(Cl)c(Cl)c1)Nc1nc(CN2CCN(c3ccccc3)CC2)cs1. The number of urea groups is 1. The molecule has 0 atom stereocenters. The molecule has 2 aromatic carbocycles. The Morgan fingerprint density at radius 2 is 1.81 bits per heavy atom. The molecule has 1 fully saturated rings. The Balaban J connectivity index is 1.22. The molecule has 1 aliphatic rings. The van der Waals surface area contributed by atoms with Gasteiger partial charge < -0.3 is 10.2 Å². The fourth-order valence-electron chi connectivity index (χ4n) is 3.44. The molecule has 0 spiro atoms. The first-order valence-electron chi connectivity index (χ1n) is 10.0. The fourth-order valence-corrected chi connectivity index (χ4v) is 4.46. The van der Waals surface area contributed by atoms with E-state index in [1.807, 2.05) is 17.5 Å². The van der Waals surface area contributed by atoms with Crippen molar-refractivity contribution < 1.29 is 4.79 Å². The van der Waals surface area contributed by atoms with E-state index >= 15 is 0 Å². The van der Waals surface area contributed by atoms with E-state index in [4.69, 9.17) is 23.2 Å². The molecule has 2 heterocycles. The van der Waals surface area contributed by atoms with Crippen molar-refractivity contribution in [3.63, 3.8) is 0 Å². The summed E-state index contributed by atoms with van der Waals surface area (Å²) in [5.74, 6) is 0. The van der Waals surface area contributed by atoms with Crippen LogP contribution < -0.4 is 15.5 Å². The van der Waals surface area contributed by atoms with Gasteiger partial charge in [-0.15, -0.1) is 11.3 Å². The van der Waals surface area contributed by atoms with E-state index in [0.29, 0.717) is 21.7 Å². The standard InChI is InChI=1S/C22H23Cl2N5OS/c23-19-7-6-16(12-20(19)24)13-25-21(30)27-22-26-17(15-31-22)14-28-8-10-29(11-9-28)18-4-2-1-3-5-18/h1-7,12,15H,8-11,13-14H2,(H2,25,26,27,30). The van der Waals surface area contributed by atoms with Crippen LogP contribution in [0, 0.1) is 0 Å². The van der Waals surface area contributed by atoms with Gasteiger partial charge in [-0.3, -0.25) is 10.2 Å². The minimum absolute atomic E-state index is 0.302. The molecular formula is C22H23Cl2N5OS. The molecule has 9 heteroatoms. The lowest BCUT2D eigenvalue weighted by atomic mass is 10.2. The number of carbonyl (C=O) groups is 1. The highest BCUT2D eigenvalue weighted by Crippen LogP contribution is 2.23. The van der Waals surface area contributed by atoms with Gasteiger partial charge in [-0.05, 0) is 29.8 Å². The molecule has 1 saturated heterocycles. The second kappa shape index (κ2) is 10.3. The smallest absolute Gasteiger partial charge is 0.321 e. The lowest BCUT2D eigenvalue weighted by Gasteiger charge is -2.35. The Kier molecular flexibility index (Phi) is 7.29. The molecule has 0 unspecified atom stereocenters. The summed E-state index contributed by atoms with van der Waals surface area (Å²) in [5, 5.41) is 9.15. The number of nitrogens with zero attached hydrogens (tertiary/aromatic N) is 3. The van der Waals surface area contributed by atoms with E-state index in [2.05, 4.69) is 49.7 Å². The van der Waals surface area contributed by atoms with E-state index in [1.165, 1.54) is 17.0 Å². The predicted molar refractivity (Wildman–Crippen MR) is 128 cm³/mol. The van der Waals surface area contributed by atoms with Crippen LogP contribution in [0.4, 0.5) is 15.6 Å². The second-order valence-electron chi connectivity index (χ2n) is 7.30. The predicted octanol–water partition coefficient (Wildman–Crippen LogP) is 5.09. The van der Waals surface area contributed by atoms with Crippen molar-refractivity contribution in [3.8, 4) is 0 Å². The fraction of sp³-hybridized carbons (Fsp3) is 0.273. The largest absolute Gasteiger partial charge is 0.369 e. The summed E-state index contributed by atoms with van der Waals surface area (Å²) in [4.78, 5) is 21.5. The van der Waals surface area contributed by atoms with Gasteiger partial charge in [0.05, 0.1) is 15.7 Å². The van der Waals surface area contributed by atoms with Gasteiger partial charge in [-0.2, -0.15) is 0 Å². The maximum absolute atomic E-state index is 12.2. The molecule has 1 aromatic heterocycles. The van der Waals surface area contributed by atoms with Crippen LogP contribution in [0.25, 0.3) is 0 Å². The number of benzene rings is 2. The average Bonchev–Trinajstić information content (AvgIpc) is 3.22. The van der Waals surface area contributed by atoms with Crippen LogP contribution in [0.3, 0.4) is 0 Å². The number of amides is 2. The number of piperazine rings is 1. The molecular weight excluding hydrogens is 453 g/mol. The van der Waals surface area contributed by atoms with Gasteiger partial charge in [0.25, 0.3) is 0 Å². The summed E-state index contributed by atoms with van der Waals surface area (Å²) in [6.07, 6.45) is 0. The lowest BCUT2D eigenvalue weighted by Crippen LogP contribution is -2.46. The van der Waals surface area contributed by atoms with E-state index in [1.54, 1.807) is 12.1 Å². The highest BCUT2D eigenvalue weighted by atomic mass is 35.5. The van der Waals surface area contributed by atoms with Crippen molar-refractivity contribution in [1.29, 1.82) is 0 Å². The minimum Gasteiger partial charge on any atom is -0.369 e. The molecule has 1 aliphatic heterocycles. The van der Waals surface area contributed by atoms with Crippen LogP contribution in [-0.4, -0.2) is 42.1 Å². The molecule has 3 aromatic rings. The molecule has 0 aliphatic carbocycles. The number of hydrogen-bond donors (Lipinski definition) is 2. The highest BCUT2D eigenvalue weighted by Gasteiger charge is 2.18. The molecule has 6 nitrogen and oxygen atoms in total. The summed E-state index contributed by atoms with van der Waals surface area (Å²) in [7, 11) is 0. The number of nitrogens with one attached hydrogen (secondary N) is 2. The summed E-state index contributed by atoms with van der Waals surface area (Å²) < 4.78 is 0. The van der Waals surface area contributed by atoms with E-state index in [9.17, 15) is 4.79 Å². The summed E-state index contributed by atoms with van der Waals surface area (Å²) in [6, 6.07) is 15.5. The van der Waals surface area contributed by atoms with Crippen molar-refractivity contribution in [2.45, 2.75) is 13.1 Å². The zero-order valence-corrected chi connectivity index (χ0v) is 19.2. The van der Waals surface area contributed by atoms with E-state index in [0.717, 1.165) is 44.0 Å². The van der Waals surface area contributed by atoms with Gasteiger partial charge in [0.2, 0.25) is 0 Å². The van der Waals surface area contributed by atoms with Crippen LogP contribution in [0.2, 0.25) is 10.0 Å². The normalized spacial score (nSPS) is 14.5. The number of rotatable bonds is 6. The third-order valence-corrected chi connectivity index (χ3v) is 6.63. The summed E-state index contributed by atoms with van der Waals surface area (Å²) >= 11 is 13.4. The number of aromatic nitrogens is 1. The summed E-state index contributed by atoms with van der Waals surface area (Å²) in [5.41, 5.74) is 3.12. The quantitative estimate of drug-likeness (QED) is 0.520. The second-order valence-corrected chi connectivity index (χ2v) is 8.97. The maximum atomic E-state index is 12.2. The molecule has 0 radical (unpaired) electrons. The maximum Gasteiger partial charge on any atom is 0.321 e. The number of para-hydroxylation sites is 1. The zero-order chi connectivity index (χ0) is 21.6. The molecule has 2 N–H and O–H groups in total. The molecule has 4 rings (SSSR count). The number of hydrogen-bond acceptors (Lipinski definition) is 5. The monoisotopic (exact) mass is 475 g/mol. The minimum atomic E-state index is -0.302. The molecule has 0 saturated carbocycles. The van der Waals surface area contributed by atoms with Crippen molar-refractivity contribution >= 4 is 51.4 Å². The van der Waals surface area contributed by atoms with E-state index in [-0.39, 0.29) is 6.03 Å². The summed E-state index contributed by atoms with van der Waals surface area (Å²) in [6.45, 7) is 5.10. The van der Waals surface area contributed by atoms with Crippen LogP contribution in [-0.2, 0) is 13.1 Å². The molecule has 2 amide bonds. The number of carbonyl (C=O) groups excluding carboxylic acids is 1. The van der Waals surface area contributed by atoms with Gasteiger partial charge in [0.1, 0.15) is 0 Å². The Hall–Kier alpha value is -2.32. The van der Waals surface area contributed by atoms with Gasteiger partial charge >= 0.3 is 6.03 Å². The first-order chi connectivity index (χ1) is 15.1. The van der Waals surface area contributed by atoms with Crippen LogP contribution in [0.5, 0.6) is 0 Å².